The minimum atomic E-state index is -0.119. The summed E-state index contributed by atoms with van der Waals surface area (Å²) in [6, 6.07) is 85.7. The monoisotopic (exact) mass is 870 g/mol. The van der Waals surface area contributed by atoms with Crippen LogP contribution in [0.2, 0.25) is 0 Å². The van der Waals surface area contributed by atoms with Crippen molar-refractivity contribution in [3.05, 3.63) is 253 Å². The number of nitrogens with zero attached hydrogens (tertiary/aromatic N) is 2. The minimum absolute atomic E-state index is 0.0724. The highest BCUT2D eigenvalue weighted by Gasteiger charge is 2.38. The van der Waals surface area contributed by atoms with E-state index in [1.54, 1.807) is 0 Å². The maximum absolute atomic E-state index is 2.52. The Morgan fingerprint density at radius 3 is 1.68 bits per heavy atom. The van der Waals surface area contributed by atoms with Crippen molar-refractivity contribution in [1.29, 1.82) is 0 Å². The van der Waals surface area contributed by atoms with Crippen molar-refractivity contribution in [3.63, 3.8) is 0 Å². The molecule has 2 heteroatoms. The Kier molecular flexibility index (Phi) is 8.95. The van der Waals surface area contributed by atoms with Crippen molar-refractivity contribution in [2.45, 2.75) is 38.5 Å². The van der Waals surface area contributed by atoms with Gasteiger partial charge in [-0.1, -0.05) is 204 Å². The normalized spacial score (nSPS) is 13.8. The first-order valence-corrected chi connectivity index (χ1v) is 23.9. The molecule has 0 amide bonds. The Morgan fingerprint density at radius 2 is 0.868 bits per heavy atom. The van der Waals surface area contributed by atoms with E-state index in [-0.39, 0.29) is 10.8 Å². The smallest absolute Gasteiger partial charge is 0.0547 e. The Bertz CT molecular complexity index is 3810. The molecule has 10 aromatic carbocycles. The third-order valence-electron chi connectivity index (χ3n) is 15.2. The average Bonchev–Trinajstić information content (AvgIpc) is 3.93. The van der Waals surface area contributed by atoms with E-state index in [0.29, 0.717) is 0 Å². The fraction of sp³-hybridized carbons (Fsp3) is 0.0909. The van der Waals surface area contributed by atoms with Gasteiger partial charge < -0.3 is 9.47 Å². The van der Waals surface area contributed by atoms with Crippen LogP contribution in [0, 0.1) is 0 Å². The fourth-order valence-corrected chi connectivity index (χ4v) is 11.9. The van der Waals surface area contributed by atoms with Crippen molar-refractivity contribution in [3.8, 4) is 61.3 Å². The van der Waals surface area contributed by atoms with Gasteiger partial charge in [0.1, 0.15) is 0 Å². The lowest BCUT2D eigenvalue weighted by atomic mass is 9.82. The molecule has 0 aliphatic heterocycles. The van der Waals surface area contributed by atoms with E-state index < -0.39 is 0 Å². The highest BCUT2D eigenvalue weighted by Crippen LogP contribution is 2.55. The van der Waals surface area contributed by atoms with Crippen molar-refractivity contribution >= 4 is 38.9 Å². The van der Waals surface area contributed by atoms with Crippen LogP contribution < -0.4 is 4.90 Å². The summed E-state index contributed by atoms with van der Waals surface area (Å²) in [4.78, 5) is 2.52. The molecule has 2 aliphatic rings. The molecule has 0 saturated heterocycles. The fourth-order valence-electron chi connectivity index (χ4n) is 11.9. The van der Waals surface area contributed by atoms with Crippen LogP contribution in [0.5, 0.6) is 0 Å². The van der Waals surface area contributed by atoms with Crippen molar-refractivity contribution in [2.75, 3.05) is 4.90 Å². The maximum Gasteiger partial charge on any atom is 0.0547 e. The molecule has 2 aliphatic carbocycles. The number of para-hydroxylation sites is 4. The van der Waals surface area contributed by atoms with Gasteiger partial charge in [-0.3, -0.25) is 0 Å². The lowest BCUT2D eigenvalue weighted by molar-refractivity contribution is 0.660. The number of aromatic nitrogens is 1. The lowest BCUT2D eigenvalue weighted by Crippen LogP contribution is -2.15. The predicted octanol–water partition coefficient (Wildman–Crippen LogP) is 17.9. The van der Waals surface area contributed by atoms with Crippen molar-refractivity contribution < 1.29 is 0 Å². The van der Waals surface area contributed by atoms with Gasteiger partial charge in [0, 0.05) is 44.1 Å². The van der Waals surface area contributed by atoms with Crippen LogP contribution in [0.25, 0.3) is 83.1 Å². The third kappa shape index (κ3) is 5.97. The zero-order valence-corrected chi connectivity index (χ0v) is 38.8. The van der Waals surface area contributed by atoms with E-state index in [9.17, 15) is 0 Å². The number of rotatable bonds is 7. The van der Waals surface area contributed by atoms with Crippen molar-refractivity contribution in [2.24, 2.45) is 0 Å². The third-order valence-corrected chi connectivity index (χ3v) is 15.2. The van der Waals surface area contributed by atoms with Gasteiger partial charge in [0.15, 0.2) is 0 Å². The summed E-state index contributed by atoms with van der Waals surface area (Å²) >= 11 is 0. The molecule has 1 heterocycles. The second kappa shape index (κ2) is 15.2. The van der Waals surface area contributed by atoms with E-state index >= 15 is 0 Å². The van der Waals surface area contributed by atoms with Crippen LogP contribution >= 0.6 is 0 Å². The second-order valence-electron chi connectivity index (χ2n) is 19.7. The Hall–Kier alpha value is -8.20. The molecule has 324 valence electrons. The summed E-state index contributed by atoms with van der Waals surface area (Å²) in [5, 5.41) is 2.50. The molecule has 0 fully saturated rings. The van der Waals surface area contributed by atoms with Crippen LogP contribution in [0.4, 0.5) is 17.1 Å². The topological polar surface area (TPSA) is 8.17 Å². The summed E-state index contributed by atoms with van der Waals surface area (Å²) in [5.74, 6) is 0. The van der Waals surface area contributed by atoms with E-state index in [2.05, 4.69) is 268 Å². The number of hydrogen-bond acceptors (Lipinski definition) is 1. The summed E-state index contributed by atoms with van der Waals surface area (Å²) in [6.07, 6.45) is 0. The molecule has 0 spiro atoms. The molecular weight excluding hydrogens is 821 g/mol. The highest BCUT2D eigenvalue weighted by molar-refractivity contribution is 6.10. The Morgan fingerprint density at radius 1 is 0.324 bits per heavy atom. The van der Waals surface area contributed by atoms with Gasteiger partial charge in [-0.15, -0.1) is 0 Å². The van der Waals surface area contributed by atoms with Gasteiger partial charge in [-0.2, -0.15) is 0 Å². The van der Waals surface area contributed by atoms with Crippen LogP contribution in [0.15, 0.2) is 231 Å². The first-order chi connectivity index (χ1) is 33.3. The molecule has 11 aromatic rings. The second-order valence-corrected chi connectivity index (χ2v) is 19.7. The Balaban J connectivity index is 1.03. The molecule has 0 unspecified atom stereocenters. The first kappa shape index (κ1) is 40.1. The highest BCUT2D eigenvalue weighted by atomic mass is 15.1. The maximum atomic E-state index is 2.52. The van der Waals surface area contributed by atoms with Gasteiger partial charge in [0.25, 0.3) is 0 Å². The minimum Gasteiger partial charge on any atom is -0.309 e. The first-order valence-electron chi connectivity index (χ1n) is 23.9. The largest absolute Gasteiger partial charge is 0.309 e. The lowest BCUT2D eigenvalue weighted by Gasteiger charge is -2.31. The van der Waals surface area contributed by atoms with E-state index in [0.717, 1.165) is 28.3 Å². The molecule has 1 aromatic heterocycles. The van der Waals surface area contributed by atoms with Crippen LogP contribution in [0.1, 0.15) is 49.9 Å². The molecular formula is C66H50N2. The zero-order chi connectivity index (χ0) is 45.7. The molecule has 13 rings (SSSR count). The van der Waals surface area contributed by atoms with Gasteiger partial charge >= 0.3 is 0 Å². The molecule has 0 N–H and O–H groups in total. The number of anilines is 3. The van der Waals surface area contributed by atoms with Gasteiger partial charge in [0.2, 0.25) is 0 Å². The average molecular weight is 871 g/mol. The molecule has 0 bridgehead atoms. The summed E-state index contributed by atoms with van der Waals surface area (Å²) in [5.41, 5.74) is 24.6. The number of fused-ring (bicyclic) bond motifs is 9. The molecule has 2 nitrogen and oxygen atoms in total. The SMILES string of the molecule is CC1(C)c2ccccc2-c2cc(-c3ccccc3N(c3cccc(-c4ccc5c6ccccc6n(-c6ccccc6)c5c4)c3)c3ccccc3-c3cccc4c3-c3ccccc3C4(C)C)ccc21. The quantitative estimate of drug-likeness (QED) is 0.155. The predicted molar refractivity (Wildman–Crippen MR) is 287 cm³/mol. The molecule has 0 saturated carbocycles. The zero-order valence-electron chi connectivity index (χ0n) is 38.8. The van der Waals surface area contributed by atoms with E-state index in [1.807, 2.05) is 0 Å². The molecule has 0 radical (unpaired) electrons. The molecule has 68 heavy (non-hydrogen) atoms. The van der Waals surface area contributed by atoms with E-state index in [1.165, 1.54) is 94.1 Å². The van der Waals surface area contributed by atoms with Crippen LogP contribution in [-0.2, 0) is 10.8 Å². The van der Waals surface area contributed by atoms with Crippen LogP contribution in [0.3, 0.4) is 0 Å². The van der Waals surface area contributed by atoms with Gasteiger partial charge in [-0.05, 0) is 121 Å². The molecule has 0 atom stereocenters. The van der Waals surface area contributed by atoms with E-state index in [4.69, 9.17) is 0 Å². The van der Waals surface area contributed by atoms with Gasteiger partial charge in [-0.25, -0.2) is 0 Å². The number of hydrogen-bond donors (Lipinski definition) is 0. The Labute approximate surface area is 399 Å². The number of benzene rings is 10. The van der Waals surface area contributed by atoms with Gasteiger partial charge in [0.05, 0.1) is 22.4 Å². The van der Waals surface area contributed by atoms with Crippen molar-refractivity contribution in [1.82, 2.24) is 4.57 Å². The summed E-state index contributed by atoms with van der Waals surface area (Å²) in [6.45, 7) is 9.45. The summed E-state index contributed by atoms with van der Waals surface area (Å²) in [7, 11) is 0. The summed E-state index contributed by atoms with van der Waals surface area (Å²) < 4.78 is 2.41. The standard InChI is InChI=1S/C66H50N2/c1-65(2)56-30-13-8-25-49(56)55-41-45(37-39-58(55)65)48-24-10-15-33-60(48)68(62-35-17-12-27-51(62)53-29-19-32-59-64(53)54-28-9-14-31-57(54)66(59,3)4)47-23-18-20-43(40-47)44-36-38-52-50-26-11-16-34-61(50)67(63(52)42-44)46-21-6-5-7-22-46/h5-42H,1-4H3. The van der Waals surface area contributed by atoms with Crippen LogP contribution in [-0.4, -0.2) is 4.57 Å².